The van der Waals surface area contributed by atoms with E-state index in [1.54, 1.807) is 23.0 Å². The molecule has 0 saturated heterocycles. The van der Waals surface area contributed by atoms with E-state index in [2.05, 4.69) is 20.9 Å². The van der Waals surface area contributed by atoms with Gasteiger partial charge in [0.25, 0.3) is 0 Å². The zero-order valence-electron chi connectivity index (χ0n) is 9.31. The highest BCUT2D eigenvalue weighted by Gasteiger charge is 2.09. The monoisotopic (exact) mass is 312 g/mol. The Balaban J connectivity index is 2.33. The van der Waals surface area contributed by atoms with Gasteiger partial charge in [0.15, 0.2) is 0 Å². The second-order valence-electron chi connectivity index (χ2n) is 3.75. The van der Waals surface area contributed by atoms with Crippen molar-refractivity contribution >= 4 is 21.9 Å². The van der Waals surface area contributed by atoms with Crippen LogP contribution < -0.4 is 0 Å². The van der Waals surface area contributed by atoms with Crippen molar-refractivity contribution < 1.29 is 14.3 Å². The van der Waals surface area contributed by atoms with Gasteiger partial charge in [-0.25, -0.2) is 9.37 Å². The first-order valence-electron chi connectivity index (χ1n) is 5.25. The maximum absolute atomic E-state index is 13.3. The fraction of sp³-hybridized carbons (Fsp3) is 0.167. The number of hydrogen-bond donors (Lipinski definition) is 1. The van der Waals surface area contributed by atoms with E-state index in [0.29, 0.717) is 22.4 Å². The van der Waals surface area contributed by atoms with Gasteiger partial charge in [0, 0.05) is 29.0 Å². The van der Waals surface area contributed by atoms with Crippen molar-refractivity contribution in [1.29, 1.82) is 0 Å². The van der Waals surface area contributed by atoms with E-state index in [0.717, 1.165) is 0 Å². The number of halogens is 2. The highest BCUT2D eigenvalue weighted by molar-refractivity contribution is 9.10. The lowest BCUT2D eigenvalue weighted by atomic mass is 10.2. The maximum atomic E-state index is 13.3. The van der Waals surface area contributed by atoms with E-state index in [1.807, 2.05) is 0 Å². The van der Waals surface area contributed by atoms with Gasteiger partial charge in [-0.15, -0.1) is 0 Å². The highest BCUT2D eigenvalue weighted by Crippen LogP contribution is 2.23. The number of nitrogens with zero attached hydrogens (tertiary/aromatic N) is 2. The number of carboxylic acids is 1. The molecular weight excluding hydrogens is 303 g/mol. The van der Waals surface area contributed by atoms with E-state index in [-0.39, 0.29) is 12.2 Å². The second kappa shape index (κ2) is 5.30. The Morgan fingerprint density at radius 1 is 1.44 bits per heavy atom. The Labute approximate surface area is 111 Å². The van der Waals surface area contributed by atoms with Gasteiger partial charge >= 0.3 is 5.97 Å². The highest BCUT2D eigenvalue weighted by atomic mass is 79.9. The van der Waals surface area contributed by atoms with Crippen LogP contribution in [0.1, 0.15) is 6.42 Å². The number of aliphatic carboxylic acids is 1. The molecule has 0 aliphatic heterocycles. The number of carbonyl (C=O) groups is 1. The minimum absolute atomic E-state index is 0.000153. The van der Waals surface area contributed by atoms with E-state index in [4.69, 9.17) is 5.11 Å². The molecule has 0 spiro atoms. The maximum Gasteiger partial charge on any atom is 0.305 e. The Morgan fingerprint density at radius 3 is 2.89 bits per heavy atom. The van der Waals surface area contributed by atoms with Crippen molar-refractivity contribution in [2.45, 2.75) is 13.0 Å². The molecule has 0 amide bonds. The van der Waals surface area contributed by atoms with E-state index in [9.17, 15) is 9.18 Å². The predicted octanol–water partition coefficient (Wildman–Crippen LogP) is 2.93. The minimum atomic E-state index is -0.880. The standard InChI is InChI=1S/C12H10BrFN2O2/c13-9-5-8(6-10(14)7-9)12-15-2-4-16(12)3-1-11(17)18/h2,4-7H,1,3H2,(H,17,18). The molecule has 2 rings (SSSR count). The zero-order valence-corrected chi connectivity index (χ0v) is 10.9. The number of aromatic nitrogens is 2. The largest absolute Gasteiger partial charge is 0.481 e. The van der Waals surface area contributed by atoms with E-state index < -0.39 is 5.97 Å². The van der Waals surface area contributed by atoms with Gasteiger partial charge in [0.2, 0.25) is 0 Å². The number of carboxylic acid groups (broad SMARTS) is 1. The predicted molar refractivity (Wildman–Crippen MR) is 67.6 cm³/mol. The Morgan fingerprint density at radius 2 is 2.22 bits per heavy atom. The summed E-state index contributed by atoms with van der Waals surface area (Å²) in [6, 6.07) is 4.46. The smallest absolute Gasteiger partial charge is 0.305 e. The third-order valence-electron chi connectivity index (χ3n) is 2.40. The molecule has 0 unspecified atom stereocenters. The number of hydrogen-bond acceptors (Lipinski definition) is 2. The minimum Gasteiger partial charge on any atom is -0.481 e. The molecule has 94 valence electrons. The van der Waals surface area contributed by atoms with Gasteiger partial charge in [-0.2, -0.15) is 0 Å². The molecule has 0 atom stereocenters. The van der Waals surface area contributed by atoms with Crippen LogP contribution in [0, 0.1) is 5.82 Å². The molecule has 1 aromatic heterocycles. The van der Waals surface area contributed by atoms with Crippen LogP contribution in [0.15, 0.2) is 35.1 Å². The van der Waals surface area contributed by atoms with Gasteiger partial charge in [-0.05, 0) is 18.2 Å². The van der Waals surface area contributed by atoms with Crippen molar-refractivity contribution in [3.05, 3.63) is 40.9 Å². The summed E-state index contributed by atoms with van der Waals surface area (Å²) < 4.78 is 15.6. The molecule has 18 heavy (non-hydrogen) atoms. The Bertz CT molecular complexity index is 563. The van der Waals surface area contributed by atoms with Crippen LogP contribution in [0.3, 0.4) is 0 Å². The van der Waals surface area contributed by atoms with Crippen LogP contribution >= 0.6 is 15.9 Å². The molecule has 0 saturated carbocycles. The average molecular weight is 313 g/mol. The SMILES string of the molecule is O=C(O)CCn1ccnc1-c1cc(F)cc(Br)c1. The van der Waals surface area contributed by atoms with Crippen LogP contribution in [-0.4, -0.2) is 20.6 Å². The lowest BCUT2D eigenvalue weighted by Gasteiger charge is -2.07. The van der Waals surface area contributed by atoms with E-state index >= 15 is 0 Å². The van der Waals surface area contributed by atoms with Crippen LogP contribution in [-0.2, 0) is 11.3 Å². The number of aryl methyl sites for hydroxylation is 1. The first-order chi connectivity index (χ1) is 8.56. The molecule has 1 aromatic carbocycles. The summed E-state index contributed by atoms with van der Waals surface area (Å²) in [7, 11) is 0. The second-order valence-corrected chi connectivity index (χ2v) is 4.66. The first-order valence-corrected chi connectivity index (χ1v) is 6.05. The van der Waals surface area contributed by atoms with Gasteiger partial charge in [-0.3, -0.25) is 4.79 Å². The first kappa shape index (κ1) is 12.8. The summed E-state index contributed by atoms with van der Waals surface area (Å²) in [5.41, 5.74) is 0.609. The summed E-state index contributed by atoms with van der Waals surface area (Å²) in [6.45, 7) is 0.304. The van der Waals surface area contributed by atoms with Gasteiger partial charge in [0.1, 0.15) is 11.6 Å². The van der Waals surface area contributed by atoms with Crippen LogP contribution in [0.4, 0.5) is 4.39 Å². The molecule has 4 nitrogen and oxygen atoms in total. The molecule has 0 aliphatic rings. The van der Waals surface area contributed by atoms with Crippen LogP contribution in [0.2, 0.25) is 0 Å². The molecule has 6 heteroatoms. The van der Waals surface area contributed by atoms with Crippen molar-refractivity contribution in [3.8, 4) is 11.4 Å². The van der Waals surface area contributed by atoms with Crippen LogP contribution in [0.25, 0.3) is 11.4 Å². The van der Waals surface area contributed by atoms with Gasteiger partial charge in [-0.1, -0.05) is 15.9 Å². The zero-order chi connectivity index (χ0) is 13.1. The molecule has 1 N–H and O–H groups in total. The Kier molecular flexibility index (Phi) is 3.76. The summed E-state index contributed by atoms with van der Waals surface area (Å²) in [5.74, 6) is -0.696. The molecule has 0 aliphatic carbocycles. The van der Waals surface area contributed by atoms with Crippen molar-refractivity contribution in [2.24, 2.45) is 0 Å². The number of imidazole rings is 1. The summed E-state index contributed by atoms with van der Waals surface area (Å²) in [6.07, 6.45) is 3.24. The lowest BCUT2D eigenvalue weighted by Crippen LogP contribution is -2.05. The fourth-order valence-electron chi connectivity index (χ4n) is 1.65. The third-order valence-corrected chi connectivity index (χ3v) is 2.86. The van der Waals surface area contributed by atoms with Crippen molar-refractivity contribution in [3.63, 3.8) is 0 Å². The normalized spacial score (nSPS) is 10.6. The topological polar surface area (TPSA) is 55.1 Å². The van der Waals surface area contributed by atoms with Crippen molar-refractivity contribution in [2.75, 3.05) is 0 Å². The van der Waals surface area contributed by atoms with Crippen LogP contribution in [0.5, 0.6) is 0 Å². The molecular formula is C12H10BrFN2O2. The quantitative estimate of drug-likeness (QED) is 0.944. The Hall–Kier alpha value is -1.69. The lowest BCUT2D eigenvalue weighted by molar-refractivity contribution is -0.137. The number of rotatable bonds is 4. The molecule has 1 heterocycles. The van der Waals surface area contributed by atoms with Crippen molar-refractivity contribution in [1.82, 2.24) is 9.55 Å². The molecule has 0 fully saturated rings. The number of benzene rings is 1. The van der Waals surface area contributed by atoms with Gasteiger partial charge < -0.3 is 9.67 Å². The molecule has 0 radical (unpaired) electrons. The summed E-state index contributed by atoms with van der Waals surface area (Å²) >= 11 is 3.21. The third kappa shape index (κ3) is 2.95. The van der Waals surface area contributed by atoms with Gasteiger partial charge in [0.05, 0.1) is 6.42 Å². The summed E-state index contributed by atoms with van der Waals surface area (Å²) in [5, 5.41) is 8.66. The fourth-order valence-corrected chi connectivity index (χ4v) is 2.11. The molecule has 0 bridgehead atoms. The average Bonchev–Trinajstić information content (AvgIpc) is 2.72. The molecule has 2 aromatic rings. The summed E-state index contributed by atoms with van der Waals surface area (Å²) in [4.78, 5) is 14.7. The van der Waals surface area contributed by atoms with E-state index in [1.165, 1.54) is 12.1 Å².